The molecule has 0 saturated heterocycles. The van der Waals surface area contributed by atoms with Gasteiger partial charge in [0.1, 0.15) is 17.1 Å². The number of ether oxygens (including phenoxy) is 1. The molecular weight excluding hydrogens is 436 g/mol. The first-order valence-corrected chi connectivity index (χ1v) is 11.0. The van der Waals surface area contributed by atoms with Crippen molar-refractivity contribution in [3.63, 3.8) is 0 Å². The molecule has 0 amide bonds. The molecule has 160 valence electrons. The van der Waals surface area contributed by atoms with E-state index in [0.29, 0.717) is 17.3 Å². The summed E-state index contributed by atoms with van der Waals surface area (Å²) in [5, 5.41) is 23.4. The van der Waals surface area contributed by atoms with Crippen LogP contribution in [-0.2, 0) is 0 Å². The number of aliphatic hydroxyl groups is 2. The highest BCUT2D eigenvalue weighted by Gasteiger charge is 2.28. The number of pyridine rings is 3. The maximum Gasteiger partial charge on any atom is 0.173 e. The van der Waals surface area contributed by atoms with Crippen molar-refractivity contribution in [2.24, 2.45) is 4.40 Å². The van der Waals surface area contributed by atoms with Crippen LogP contribution < -0.4 is 10.1 Å². The molecule has 3 aromatic rings. The average molecular weight is 457 g/mol. The normalized spacial score (nSPS) is 16.4. The molecule has 0 spiro atoms. The minimum absolute atomic E-state index is 0.421. The van der Waals surface area contributed by atoms with E-state index in [4.69, 9.17) is 4.74 Å². The third-order valence-corrected chi connectivity index (χ3v) is 5.93. The molecule has 0 saturated carbocycles. The molecule has 9 nitrogen and oxygen atoms in total. The summed E-state index contributed by atoms with van der Waals surface area (Å²) in [4.78, 5) is 15.5. The Balaban J connectivity index is 1.62. The lowest BCUT2D eigenvalue weighted by Gasteiger charge is -2.28. The fourth-order valence-electron chi connectivity index (χ4n) is 2.69. The Hall–Kier alpha value is -2.86. The smallest absolute Gasteiger partial charge is 0.173 e. The van der Waals surface area contributed by atoms with Crippen LogP contribution in [0, 0.1) is 6.92 Å². The van der Waals surface area contributed by atoms with Gasteiger partial charge in [-0.25, -0.2) is 14.4 Å². The van der Waals surface area contributed by atoms with Crippen LogP contribution in [0.3, 0.4) is 0 Å². The number of nitrogens with one attached hydrogen (secondary N) is 1. The summed E-state index contributed by atoms with van der Waals surface area (Å²) in [6.07, 6.45) is 5.55. The summed E-state index contributed by atoms with van der Waals surface area (Å²) >= 11 is 2.67. The molecule has 1 aliphatic rings. The van der Waals surface area contributed by atoms with E-state index in [-0.39, 0.29) is 0 Å². The molecule has 4 rings (SSSR count). The summed E-state index contributed by atoms with van der Waals surface area (Å²) in [6.45, 7) is 1.44. The number of aryl methyl sites for hydroxylation is 1. The molecule has 2 atom stereocenters. The van der Waals surface area contributed by atoms with Gasteiger partial charge in [0.05, 0.1) is 12.3 Å². The molecule has 4 heterocycles. The Morgan fingerprint density at radius 3 is 2.84 bits per heavy atom. The third-order valence-electron chi connectivity index (χ3n) is 4.25. The Kier molecular flexibility index (Phi) is 6.87. The Morgan fingerprint density at radius 1 is 1.19 bits per heavy atom. The summed E-state index contributed by atoms with van der Waals surface area (Å²) in [5.41, 5.74) is 0.286. The highest BCUT2D eigenvalue weighted by Crippen LogP contribution is 2.36. The molecule has 3 aromatic heterocycles. The van der Waals surface area contributed by atoms with Gasteiger partial charge >= 0.3 is 0 Å². The minimum atomic E-state index is -1.08. The molecule has 0 aromatic carbocycles. The zero-order chi connectivity index (χ0) is 21.6. The van der Waals surface area contributed by atoms with Gasteiger partial charge < -0.3 is 25.2 Å². The molecule has 11 heteroatoms. The summed E-state index contributed by atoms with van der Waals surface area (Å²) in [5.74, 6) is 1.56. The molecule has 31 heavy (non-hydrogen) atoms. The van der Waals surface area contributed by atoms with Gasteiger partial charge in [0.2, 0.25) is 0 Å². The van der Waals surface area contributed by atoms with Crippen LogP contribution >= 0.6 is 23.7 Å². The number of aliphatic hydroxyl groups excluding tert-OH is 2. The lowest BCUT2D eigenvalue weighted by molar-refractivity contribution is 0.00650. The first kappa shape index (κ1) is 21.4. The SMILES string of the molecule is Cc1ncccc1Oc1cc(Sc2ccccn2)cnc1N[C@H]1SN=CN1C(O)CO. The molecule has 0 fully saturated rings. The van der Waals surface area contributed by atoms with Crippen molar-refractivity contribution >= 4 is 35.9 Å². The topological polar surface area (TPSA) is 116 Å². The van der Waals surface area contributed by atoms with Crippen molar-refractivity contribution in [1.29, 1.82) is 0 Å². The van der Waals surface area contributed by atoms with Crippen LogP contribution in [0.15, 0.2) is 69.3 Å². The molecular formula is C20H20N6O3S2. The predicted molar refractivity (Wildman–Crippen MR) is 120 cm³/mol. The molecule has 0 bridgehead atoms. The van der Waals surface area contributed by atoms with E-state index in [0.717, 1.165) is 15.6 Å². The van der Waals surface area contributed by atoms with Crippen LogP contribution in [-0.4, -0.2) is 54.7 Å². The van der Waals surface area contributed by atoms with Crippen LogP contribution in [0.2, 0.25) is 0 Å². The third kappa shape index (κ3) is 5.25. The van der Waals surface area contributed by atoms with Crippen molar-refractivity contribution in [2.45, 2.75) is 28.6 Å². The number of nitrogens with zero attached hydrogens (tertiary/aromatic N) is 5. The average Bonchev–Trinajstić information content (AvgIpc) is 3.25. The number of rotatable bonds is 8. The zero-order valence-electron chi connectivity index (χ0n) is 16.5. The Morgan fingerprint density at radius 2 is 2.06 bits per heavy atom. The molecule has 0 aliphatic carbocycles. The molecule has 1 aliphatic heterocycles. The predicted octanol–water partition coefficient (Wildman–Crippen LogP) is 3.12. The summed E-state index contributed by atoms with van der Waals surface area (Å²) < 4.78 is 10.3. The number of hydrogen-bond donors (Lipinski definition) is 3. The number of hydrogen-bond acceptors (Lipinski definition) is 11. The fraction of sp³-hybridized carbons (Fsp3) is 0.200. The molecule has 0 radical (unpaired) electrons. The van der Waals surface area contributed by atoms with Gasteiger partial charge in [-0.3, -0.25) is 4.98 Å². The van der Waals surface area contributed by atoms with E-state index in [1.165, 1.54) is 34.9 Å². The second kappa shape index (κ2) is 9.96. The second-order valence-electron chi connectivity index (χ2n) is 6.41. The van der Waals surface area contributed by atoms with E-state index in [2.05, 4.69) is 24.7 Å². The number of aromatic nitrogens is 3. The van der Waals surface area contributed by atoms with E-state index in [9.17, 15) is 10.2 Å². The van der Waals surface area contributed by atoms with Crippen LogP contribution in [0.4, 0.5) is 5.82 Å². The van der Waals surface area contributed by atoms with Gasteiger partial charge in [0.15, 0.2) is 23.3 Å². The van der Waals surface area contributed by atoms with E-state index in [1.54, 1.807) is 24.7 Å². The summed E-state index contributed by atoms with van der Waals surface area (Å²) in [6, 6.07) is 11.2. The zero-order valence-corrected chi connectivity index (χ0v) is 18.1. The van der Waals surface area contributed by atoms with Gasteiger partial charge in [-0.15, -0.1) is 0 Å². The Labute approximate surface area is 187 Å². The van der Waals surface area contributed by atoms with Crippen molar-refractivity contribution in [1.82, 2.24) is 19.9 Å². The fourth-order valence-corrected chi connectivity index (χ4v) is 4.21. The van der Waals surface area contributed by atoms with Crippen molar-refractivity contribution < 1.29 is 14.9 Å². The standard InChI is InChI=1S/C20H20N6O3S2/c1-13-15(5-4-8-21-13)29-16-9-14(30-17-6-2-3-7-22-17)10-23-19(16)25-20-26(12-24-31-20)18(28)11-27/h2-10,12,18,20,27-28H,11H2,1H3,(H,23,25)/t18?,20-/m1/s1. The maximum absolute atomic E-state index is 10.0. The van der Waals surface area contributed by atoms with Gasteiger partial charge in [-0.1, -0.05) is 17.8 Å². The molecule has 1 unspecified atom stereocenters. The van der Waals surface area contributed by atoms with Gasteiger partial charge in [-0.05, 0) is 31.2 Å². The Bertz CT molecular complexity index is 1060. The van der Waals surface area contributed by atoms with Crippen LogP contribution in [0.5, 0.6) is 11.5 Å². The van der Waals surface area contributed by atoms with E-state index in [1.807, 2.05) is 37.3 Å². The first-order valence-electron chi connectivity index (χ1n) is 9.34. The van der Waals surface area contributed by atoms with Crippen molar-refractivity contribution in [2.75, 3.05) is 11.9 Å². The highest BCUT2D eigenvalue weighted by atomic mass is 32.2. The van der Waals surface area contributed by atoms with Crippen molar-refractivity contribution in [3.05, 3.63) is 60.7 Å². The minimum Gasteiger partial charge on any atom is -0.452 e. The quantitative estimate of drug-likeness (QED) is 0.437. The van der Waals surface area contributed by atoms with Gasteiger partial charge in [0.25, 0.3) is 0 Å². The number of anilines is 1. The van der Waals surface area contributed by atoms with Crippen molar-refractivity contribution in [3.8, 4) is 11.5 Å². The first-order chi connectivity index (χ1) is 15.1. The highest BCUT2D eigenvalue weighted by molar-refractivity contribution is 7.99. The monoisotopic (exact) mass is 456 g/mol. The lowest BCUT2D eigenvalue weighted by atomic mass is 10.3. The van der Waals surface area contributed by atoms with E-state index >= 15 is 0 Å². The maximum atomic E-state index is 10.0. The van der Waals surface area contributed by atoms with Gasteiger partial charge in [0, 0.05) is 41.5 Å². The largest absolute Gasteiger partial charge is 0.452 e. The molecule has 3 N–H and O–H groups in total. The van der Waals surface area contributed by atoms with Crippen LogP contribution in [0.1, 0.15) is 5.69 Å². The van der Waals surface area contributed by atoms with Crippen LogP contribution in [0.25, 0.3) is 0 Å². The van der Waals surface area contributed by atoms with E-state index < -0.39 is 18.3 Å². The summed E-state index contributed by atoms with van der Waals surface area (Å²) in [7, 11) is 0. The van der Waals surface area contributed by atoms with Gasteiger partial charge in [-0.2, -0.15) is 0 Å². The second-order valence-corrected chi connectivity index (χ2v) is 8.37. The lowest BCUT2D eigenvalue weighted by Crippen LogP contribution is -2.43.